The maximum absolute atomic E-state index is 14.2. The van der Waals surface area contributed by atoms with E-state index < -0.39 is 80.6 Å². The third-order valence-electron chi connectivity index (χ3n) is 8.71. The number of rotatable bonds is 8. The van der Waals surface area contributed by atoms with Crippen molar-refractivity contribution in [2.45, 2.75) is 80.7 Å². The second-order valence-electron chi connectivity index (χ2n) is 11.7. The van der Waals surface area contributed by atoms with Crippen LogP contribution < -0.4 is 10.0 Å². The minimum Gasteiger partial charge on any atom is -0.452 e. The summed E-state index contributed by atoms with van der Waals surface area (Å²) >= 11 is 0. The number of nitrogens with zero attached hydrogens (tertiary/aromatic N) is 2. The first-order chi connectivity index (χ1) is 20.4. The van der Waals surface area contributed by atoms with Gasteiger partial charge in [0.05, 0.1) is 18.3 Å². The Kier molecular flexibility index (Phi) is 7.18. The van der Waals surface area contributed by atoms with E-state index in [0.29, 0.717) is 24.0 Å². The van der Waals surface area contributed by atoms with Crippen molar-refractivity contribution in [1.29, 1.82) is 0 Å². The Morgan fingerprint density at radius 2 is 1.93 bits per heavy atom. The smallest absolute Gasteiger partial charge is 0.410 e. The minimum atomic E-state index is -3.89. The third-order valence-corrected chi connectivity index (χ3v) is 10.5. The fraction of sp³-hybridized carbons (Fsp3) is 0.536. The molecule has 4 fully saturated rings. The number of sulfonamides is 1. The Morgan fingerprint density at radius 3 is 2.56 bits per heavy atom. The van der Waals surface area contributed by atoms with E-state index in [2.05, 4.69) is 16.6 Å². The van der Waals surface area contributed by atoms with Crippen molar-refractivity contribution >= 4 is 39.8 Å². The number of likely N-dealkylation sites (tertiary alicyclic amines) is 1. The number of carbonyl (C=O) groups is 5. The summed E-state index contributed by atoms with van der Waals surface area (Å²) in [4.78, 5) is 67.4. The lowest BCUT2D eigenvalue weighted by Crippen LogP contribution is -2.57. The highest BCUT2D eigenvalue weighted by atomic mass is 32.2. The summed E-state index contributed by atoms with van der Waals surface area (Å²) in [6.45, 7) is 3.62. The maximum Gasteiger partial charge on any atom is 0.410 e. The standard InChI is InChI=1S/C28H31FN4O9S/c1-2-16-11-28(16,26(37)31-43(39,40)18-6-7-18)30-24(35)21-10-17(13-33(21)25(36)22-8-9-23(34)42-22)41-27(38)32-12-15-4-3-5-20(29)19(15)14-32/h2-5,16-18,21-22H,1,6-14H2,(H,30,35)(H,31,37)/t16?,17-,21+,22-,28-/m1/s1. The molecule has 3 heterocycles. The Bertz CT molecular complexity index is 1530. The van der Waals surface area contributed by atoms with Gasteiger partial charge in [0.15, 0.2) is 6.10 Å². The van der Waals surface area contributed by atoms with Gasteiger partial charge in [-0.15, -0.1) is 6.58 Å². The molecule has 230 valence electrons. The van der Waals surface area contributed by atoms with Crippen LogP contribution in [-0.2, 0) is 51.8 Å². The number of carbonyl (C=O) groups excluding carboxylic acids is 5. The molecule has 3 aliphatic heterocycles. The average Bonchev–Trinajstić information content (AvgIpc) is 3.78. The molecule has 5 atom stereocenters. The van der Waals surface area contributed by atoms with Crippen molar-refractivity contribution in [2.24, 2.45) is 5.92 Å². The Morgan fingerprint density at radius 1 is 1.16 bits per heavy atom. The second kappa shape index (κ2) is 10.6. The van der Waals surface area contributed by atoms with Crippen molar-refractivity contribution in [3.63, 3.8) is 0 Å². The number of cyclic esters (lactones) is 1. The van der Waals surface area contributed by atoms with E-state index in [-0.39, 0.29) is 45.3 Å². The molecule has 2 N–H and O–H groups in total. The maximum atomic E-state index is 14.2. The number of halogens is 1. The second-order valence-corrected chi connectivity index (χ2v) is 13.6. The summed E-state index contributed by atoms with van der Waals surface area (Å²) in [5.41, 5.74) is -0.541. The molecule has 43 heavy (non-hydrogen) atoms. The van der Waals surface area contributed by atoms with Gasteiger partial charge in [-0.05, 0) is 30.9 Å². The fourth-order valence-corrected chi connectivity index (χ4v) is 7.37. The van der Waals surface area contributed by atoms with Crippen LogP contribution in [0.1, 0.15) is 49.7 Å². The lowest BCUT2D eigenvalue weighted by molar-refractivity contribution is -0.154. The highest BCUT2D eigenvalue weighted by Gasteiger charge is 2.62. The molecule has 1 unspecified atom stereocenters. The molecule has 2 aliphatic carbocycles. The van der Waals surface area contributed by atoms with E-state index in [1.165, 1.54) is 17.0 Å². The molecule has 13 nitrogen and oxygen atoms in total. The molecular weight excluding hydrogens is 587 g/mol. The molecule has 0 spiro atoms. The highest BCUT2D eigenvalue weighted by Crippen LogP contribution is 2.45. The first-order valence-electron chi connectivity index (χ1n) is 14.1. The number of amides is 4. The number of nitrogens with one attached hydrogen (secondary N) is 2. The number of hydrogen-bond acceptors (Lipinski definition) is 9. The van der Waals surface area contributed by atoms with Crippen molar-refractivity contribution in [1.82, 2.24) is 19.8 Å². The van der Waals surface area contributed by atoms with Gasteiger partial charge in [0.25, 0.3) is 11.8 Å². The van der Waals surface area contributed by atoms with E-state index in [9.17, 15) is 36.8 Å². The Hall–Kier alpha value is -4.01. The predicted octanol–water partition coefficient (Wildman–Crippen LogP) is 0.622. The van der Waals surface area contributed by atoms with Gasteiger partial charge in [-0.3, -0.25) is 28.8 Å². The zero-order chi connectivity index (χ0) is 30.7. The van der Waals surface area contributed by atoms with Gasteiger partial charge in [-0.25, -0.2) is 17.6 Å². The first kappa shape index (κ1) is 29.1. The van der Waals surface area contributed by atoms with Crippen molar-refractivity contribution in [3.05, 3.63) is 47.8 Å². The van der Waals surface area contributed by atoms with Crippen LogP contribution in [0, 0.1) is 11.7 Å². The van der Waals surface area contributed by atoms with Crippen LogP contribution in [-0.4, -0.2) is 83.6 Å². The van der Waals surface area contributed by atoms with Crippen molar-refractivity contribution < 1.29 is 46.3 Å². The molecule has 0 bridgehead atoms. The van der Waals surface area contributed by atoms with Gasteiger partial charge in [0.1, 0.15) is 23.5 Å². The number of esters is 1. The summed E-state index contributed by atoms with van der Waals surface area (Å²) in [5, 5.41) is 1.99. The average molecular weight is 619 g/mol. The third kappa shape index (κ3) is 5.45. The Balaban J connectivity index is 1.17. The molecule has 6 rings (SSSR count). The number of benzene rings is 1. The molecular formula is C28H31FN4O9S. The number of ether oxygens (including phenoxy) is 2. The van der Waals surface area contributed by atoms with E-state index in [1.54, 1.807) is 12.1 Å². The lowest BCUT2D eigenvalue weighted by atomic mass is 10.1. The van der Waals surface area contributed by atoms with Crippen LogP contribution >= 0.6 is 0 Å². The van der Waals surface area contributed by atoms with Gasteiger partial charge < -0.3 is 19.7 Å². The summed E-state index contributed by atoms with van der Waals surface area (Å²) in [6.07, 6.45) is -0.345. The largest absolute Gasteiger partial charge is 0.452 e. The van der Waals surface area contributed by atoms with E-state index in [1.807, 2.05) is 0 Å². The Labute approximate surface area is 246 Å². The molecule has 0 aromatic heterocycles. The van der Waals surface area contributed by atoms with Crippen LogP contribution in [0.15, 0.2) is 30.9 Å². The van der Waals surface area contributed by atoms with Crippen LogP contribution in [0.5, 0.6) is 0 Å². The van der Waals surface area contributed by atoms with E-state index in [4.69, 9.17) is 9.47 Å². The molecule has 0 radical (unpaired) electrons. The molecule has 4 amide bonds. The molecule has 1 aromatic carbocycles. The van der Waals surface area contributed by atoms with Crippen molar-refractivity contribution in [3.8, 4) is 0 Å². The number of hydrogen-bond donors (Lipinski definition) is 2. The lowest BCUT2D eigenvalue weighted by Gasteiger charge is -2.27. The summed E-state index contributed by atoms with van der Waals surface area (Å²) in [5.74, 6) is -3.82. The summed E-state index contributed by atoms with van der Waals surface area (Å²) < 4.78 is 51.9. The monoisotopic (exact) mass is 618 g/mol. The van der Waals surface area contributed by atoms with Crippen LogP contribution in [0.2, 0.25) is 0 Å². The van der Waals surface area contributed by atoms with Gasteiger partial charge >= 0.3 is 12.1 Å². The van der Waals surface area contributed by atoms with Gasteiger partial charge in [0, 0.05) is 37.3 Å². The van der Waals surface area contributed by atoms with Crippen LogP contribution in [0.3, 0.4) is 0 Å². The molecule has 2 saturated carbocycles. The van der Waals surface area contributed by atoms with E-state index >= 15 is 0 Å². The molecule has 1 aromatic rings. The topological polar surface area (TPSA) is 168 Å². The molecule has 2 saturated heterocycles. The van der Waals surface area contributed by atoms with Gasteiger partial charge in [-0.1, -0.05) is 18.2 Å². The molecule has 5 aliphatic rings. The quantitative estimate of drug-likeness (QED) is 0.313. The van der Waals surface area contributed by atoms with Gasteiger partial charge in [-0.2, -0.15) is 0 Å². The van der Waals surface area contributed by atoms with Gasteiger partial charge in [0.2, 0.25) is 15.9 Å². The van der Waals surface area contributed by atoms with E-state index in [0.717, 1.165) is 4.90 Å². The van der Waals surface area contributed by atoms with Crippen LogP contribution in [0.25, 0.3) is 0 Å². The highest BCUT2D eigenvalue weighted by molar-refractivity contribution is 7.91. The first-order valence-corrected chi connectivity index (χ1v) is 15.7. The zero-order valence-electron chi connectivity index (χ0n) is 23.1. The van der Waals surface area contributed by atoms with Crippen LogP contribution in [0.4, 0.5) is 9.18 Å². The normalized spacial score (nSPS) is 29.5. The summed E-state index contributed by atoms with van der Waals surface area (Å²) in [7, 11) is -3.89. The SMILES string of the molecule is C=CC1C[C@]1(NC(=O)[C@@H]1C[C@@H](OC(=O)N2Cc3cccc(F)c3C2)CN1C(=O)[C@H]1CCC(=O)O1)C(=O)NS(=O)(=O)C1CC1. The number of fused-ring (bicyclic) bond motifs is 1. The predicted molar refractivity (Wildman–Crippen MR) is 144 cm³/mol. The summed E-state index contributed by atoms with van der Waals surface area (Å²) in [6, 6.07) is 3.35. The minimum absolute atomic E-state index is 0.00246. The van der Waals surface area contributed by atoms with Crippen molar-refractivity contribution in [2.75, 3.05) is 6.54 Å². The fourth-order valence-electron chi connectivity index (χ4n) is 6.01. The molecule has 15 heteroatoms. The zero-order valence-corrected chi connectivity index (χ0v) is 23.9.